The number of carboxylic acids is 1. The molecule has 26 heavy (non-hydrogen) atoms. The molecule has 1 aliphatic carbocycles. The Morgan fingerprint density at radius 2 is 1.96 bits per heavy atom. The first-order valence-corrected chi connectivity index (χ1v) is 8.66. The van der Waals surface area contributed by atoms with Crippen molar-refractivity contribution in [3.63, 3.8) is 0 Å². The van der Waals surface area contributed by atoms with Crippen LogP contribution in [0, 0.1) is 0 Å². The number of amides is 1. The lowest BCUT2D eigenvalue weighted by Gasteiger charge is -2.44. The Morgan fingerprint density at radius 1 is 1.23 bits per heavy atom. The number of hydrogen-bond acceptors (Lipinski definition) is 6. The van der Waals surface area contributed by atoms with Gasteiger partial charge in [-0.05, 0) is 48.8 Å². The Morgan fingerprint density at radius 3 is 2.65 bits per heavy atom. The van der Waals surface area contributed by atoms with Crippen LogP contribution in [0.1, 0.15) is 23.7 Å². The summed E-state index contributed by atoms with van der Waals surface area (Å²) in [6.45, 7) is 2.45. The Kier molecular flexibility index (Phi) is 3.14. The van der Waals surface area contributed by atoms with Crippen LogP contribution in [-0.4, -0.2) is 64.1 Å². The van der Waals surface area contributed by atoms with Crippen LogP contribution in [-0.2, 0) is 9.57 Å². The normalized spacial score (nSPS) is 34.8. The molecule has 0 aromatic heterocycles. The van der Waals surface area contributed by atoms with E-state index < -0.39 is 18.2 Å². The monoisotopic (exact) mass is 358 g/mol. The topological polar surface area (TPSA) is 99.5 Å². The highest BCUT2D eigenvalue weighted by Gasteiger charge is 2.60. The molecule has 2 N–H and O–H groups in total. The second-order valence-corrected chi connectivity index (χ2v) is 7.08. The van der Waals surface area contributed by atoms with E-state index in [1.54, 1.807) is 22.1 Å². The number of aliphatic hydroxyl groups excluding tert-OH is 1. The summed E-state index contributed by atoms with van der Waals surface area (Å²) in [5, 5.41) is 21.6. The maximum Gasteiger partial charge on any atom is 0.410 e. The molecule has 1 aromatic rings. The lowest BCUT2D eigenvalue weighted by molar-refractivity contribution is 0.00404. The second-order valence-electron chi connectivity index (χ2n) is 7.08. The fraction of sp³-hybridized carbons (Fsp3) is 0.444. The quantitative estimate of drug-likeness (QED) is 0.765. The Balaban J connectivity index is 1.53. The molecule has 0 radical (unpaired) electrons. The summed E-state index contributed by atoms with van der Waals surface area (Å²) in [6.07, 6.45) is -1.40. The van der Waals surface area contributed by atoms with Crippen molar-refractivity contribution >= 4 is 17.7 Å². The van der Waals surface area contributed by atoms with Crippen LogP contribution in [0.2, 0.25) is 0 Å². The minimum absolute atomic E-state index is 0.203. The number of hydrogen-bond donors (Lipinski definition) is 2. The standard InChI is InChI=1S/C18H18N2O6/c1-8-12-13-11(6-7-19-14(13)16(15(12)21)25-18(19)24)26-20(8)10-4-2-9(3-5-10)17(22)23/h2-5,8,11,14-16,21H,6-7H2,1H3,(H,22,23)/t8-,11+,14-,15-,16-/m0/s1. The lowest BCUT2D eigenvalue weighted by Crippen LogP contribution is -2.52. The van der Waals surface area contributed by atoms with E-state index >= 15 is 0 Å². The molecule has 0 spiro atoms. The number of carbonyl (C=O) groups is 2. The Bertz CT molecular complexity index is 835. The van der Waals surface area contributed by atoms with Crippen molar-refractivity contribution in [2.24, 2.45) is 0 Å². The minimum Gasteiger partial charge on any atom is -0.478 e. The van der Waals surface area contributed by atoms with Gasteiger partial charge in [0.1, 0.15) is 12.2 Å². The average molecular weight is 358 g/mol. The molecule has 8 heteroatoms. The molecular weight excluding hydrogens is 340 g/mol. The van der Waals surface area contributed by atoms with Crippen molar-refractivity contribution in [3.8, 4) is 0 Å². The van der Waals surface area contributed by atoms with Gasteiger partial charge in [-0.3, -0.25) is 9.74 Å². The number of hydroxylamine groups is 1. The van der Waals surface area contributed by atoms with Gasteiger partial charge in [0.15, 0.2) is 6.10 Å². The van der Waals surface area contributed by atoms with Crippen LogP contribution in [0.15, 0.2) is 35.4 Å². The maximum absolute atomic E-state index is 12.0. The van der Waals surface area contributed by atoms with E-state index in [2.05, 4.69) is 0 Å². The molecular formula is C18H18N2O6. The molecule has 0 unspecified atom stereocenters. The summed E-state index contributed by atoms with van der Waals surface area (Å²) < 4.78 is 5.41. The van der Waals surface area contributed by atoms with Crippen molar-refractivity contribution in [1.29, 1.82) is 0 Å². The first kappa shape index (κ1) is 15.7. The van der Waals surface area contributed by atoms with Crippen LogP contribution in [0.5, 0.6) is 0 Å². The van der Waals surface area contributed by atoms with Gasteiger partial charge in [0.05, 0.1) is 23.3 Å². The van der Waals surface area contributed by atoms with E-state index in [-0.39, 0.29) is 29.8 Å². The van der Waals surface area contributed by atoms with E-state index in [9.17, 15) is 14.7 Å². The van der Waals surface area contributed by atoms with Crippen molar-refractivity contribution in [2.45, 2.75) is 43.7 Å². The molecule has 8 nitrogen and oxygen atoms in total. The van der Waals surface area contributed by atoms with Crippen LogP contribution in [0.3, 0.4) is 0 Å². The van der Waals surface area contributed by atoms with Crippen molar-refractivity contribution in [2.75, 3.05) is 11.6 Å². The van der Waals surface area contributed by atoms with E-state index in [4.69, 9.17) is 14.7 Å². The molecule has 5 rings (SSSR count). The number of carbonyl (C=O) groups excluding carboxylic acids is 1. The number of nitrogens with zero attached hydrogens (tertiary/aromatic N) is 2. The number of rotatable bonds is 2. The number of piperidine rings is 1. The van der Waals surface area contributed by atoms with Gasteiger partial charge in [-0.25, -0.2) is 14.7 Å². The molecule has 2 saturated heterocycles. The maximum atomic E-state index is 12.0. The Labute approximate surface area is 149 Å². The van der Waals surface area contributed by atoms with Gasteiger partial charge in [0.2, 0.25) is 0 Å². The Hall–Kier alpha value is -2.58. The molecule has 3 heterocycles. The fourth-order valence-electron chi connectivity index (χ4n) is 4.65. The lowest BCUT2D eigenvalue weighted by atomic mass is 9.90. The van der Waals surface area contributed by atoms with Crippen LogP contribution >= 0.6 is 0 Å². The van der Waals surface area contributed by atoms with Crippen molar-refractivity contribution < 1.29 is 29.4 Å². The third-order valence-electron chi connectivity index (χ3n) is 5.79. The third-order valence-corrected chi connectivity index (χ3v) is 5.79. The molecule has 1 aromatic carbocycles. The highest BCUT2D eigenvalue weighted by atomic mass is 16.7. The van der Waals surface area contributed by atoms with Crippen molar-refractivity contribution in [1.82, 2.24) is 4.90 Å². The predicted octanol–water partition coefficient (Wildman–Crippen LogP) is 1.16. The second kappa shape index (κ2) is 5.21. The molecule has 3 aliphatic heterocycles. The van der Waals surface area contributed by atoms with E-state index in [1.807, 2.05) is 6.92 Å². The van der Waals surface area contributed by atoms with E-state index in [0.29, 0.717) is 13.0 Å². The highest BCUT2D eigenvalue weighted by Crippen LogP contribution is 2.48. The van der Waals surface area contributed by atoms with Gasteiger partial charge in [-0.1, -0.05) is 0 Å². The van der Waals surface area contributed by atoms with Gasteiger partial charge in [-0.15, -0.1) is 0 Å². The van der Waals surface area contributed by atoms with Crippen LogP contribution < -0.4 is 5.06 Å². The zero-order chi connectivity index (χ0) is 18.2. The van der Waals surface area contributed by atoms with E-state index in [1.165, 1.54) is 12.1 Å². The van der Waals surface area contributed by atoms with Crippen LogP contribution in [0.25, 0.3) is 0 Å². The predicted molar refractivity (Wildman–Crippen MR) is 88.6 cm³/mol. The van der Waals surface area contributed by atoms with Gasteiger partial charge >= 0.3 is 12.1 Å². The fourth-order valence-corrected chi connectivity index (χ4v) is 4.65. The van der Waals surface area contributed by atoms with Gasteiger partial charge in [-0.2, -0.15) is 0 Å². The molecule has 0 saturated carbocycles. The summed E-state index contributed by atoms with van der Waals surface area (Å²) in [7, 11) is 0. The number of anilines is 1. The number of benzene rings is 1. The molecule has 136 valence electrons. The van der Waals surface area contributed by atoms with Gasteiger partial charge in [0.25, 0.3) is 0 Å². The first-order chi connectivity index (χ1) is 12.5. The molecule has 1 amide bonds. The number of ether oxygens (including phenoxy) is 1. The summed E-state index contributed by atoms with van der Waals surface area (Å²) in [5.41, 5.74) is 2.73. The number of aromatic carboxylic acids is 1. The van der Waals surface area contributed by atoms with Gasteiger partial charge in [0, 0.05) is 6.54 Å². The molecule has 0 bridgehead atoms. The molecule has 4 aliphatic rings. The molecule has 2 fully saturated rings. The third kappa shape index (κ3) is 1.91. The highest BCUT2D eigenvalue weighted by molar-refractivity contribution is 5.88. The van der Waals surface area contributed by atoms with Crippen molar-refractivity contribution in [3.05, 3.63) is 41.0 Å². The van der Waals surface area contributed by atoms with E-state index in [0.717, 1.165) is 16.8 Å². The SMILES string of the molecule is C[C@H]1C2=C3[C@@H](CCN4C(=O)O[C@H]([C@H]2O)[C@H]34)ON1c1ccc(C(=O)O)cc1. The average Bonchev–Trinajstić information content (AvgIpc) is 3.12. The summed E-state index contributed by atoms with van der Waals surface area (Å²) in [4.78, 5) is 30.9. The van der Waals surface area contributed by atoms with Gasteiger partial charge < -0.3 is 14.9 Å². The molecule has 5 atom stereocenters. The summed E-state index contributed by atoms with van der Waals surface area (Å²) in [5.74, 6) is -0.984. The zero-order valence-corrected chi connectivity index (χ0v) is 14.0. The smallest absolute Gasteiger partial charge is 0.410 e. The number of carboxylic acid groups (broad SMARTS) is 1. The zero-order valence-electron chi connectivity index (χ0n) is 14.0. The number of aliphatic hydroxyl groups is 1. The van der Waals surface area contributed by atoms with Crippen LogP contribution in [0.4, 0.5) is 10.5 Å². The summed E-state index contributed by atoms with van der Waals surface area (Å²) >= 11 is 0. The minimum atomic E-state index is -0.984. The first-order valence-electron chi connectivity index (χ1n) is 8.66. The summed E-state index contributed by atoms with van der Waals surface area (Å²) in [6, 6.07) is 5.96. The largest absolute Gasteiger partial charge is 0.478 e.